The van der Waals surface area contributed by atoms with Gasteiger partial charge in [-0.3, -0.25) is 5.01 Å². The Hall–Kier alpha value is -3.41. The first-order chi connectivity index (χ1) is 15.2. The highest BCUT2D eigenvalue weighted by molar-refractivity contribution is 5.80. The second-order valence-electron chi connectivity index (χ2n) is 8.01. The van der Waals surface area contributed by atoms with E-state index in [9.17, 15) is 0 Å². The summed E-state index contributed by atoms with van der Waals surface area (Å²) < 4.78 is 6.70. The average Bonchev–Trinajstić information content (AvgIpc) is 3.38. The second-order valence-corrected chi connectivity index (χ2v) is 8.01. The zero-order valence-corrected chi connectivity index (χ0v) is 18.5. The standard InChI is InChI=1S/C25H31N6/c1-28-18-19-30(21-28)16-10-3-4-11-17-31-24-15-9-8-14-23(24)27-25(31)20-26-29(2)22-12-6-5-7-13-22/h5-9,12-15,18-21H,3-4,10-11,16-17H2,1-2H3/q+1/p+1/b26-20+. The summed E-state index contributed by atoms with van der Waals surface area (Å²) in [7, 11) is 4.04. The van der Waals surface area contributed by atoms with Crippen molar-refractivity contribution >= 4 is 22.9 Å². The van der Waals surface area contributed by atoms with Crippen LogP contribution in [-0.2, 0) is 20.1 Å². The molecule has 0 unspecified atom stereocenters. The number of hydrazone groups is 1. The number of fused-ring (bicyclic) bond motifs is 1. The van der Waals surface area contributed by atoms with Gasteiger partial charge >= 0.3 is 5.82 Å². The number of H-pyrrole nitrogens is 1. The molecule has 160 valence electrons. The minimum atomic E-state index is 0.985. The van der Waals surface area contributed by atoms with Crippen LogP contribution in [0.15, 0.2) is 78.4 Å². The van der Waals surface area contributed by atoms with Gasteiger partial charge in [0.05, 0.1) is 25.8 Å². The number of imidazole rings is 2. The zero-order chi connectivity index (χ0) is 21.5. The fourth-order valence-electron chi connectivity index (χ4n) is 3.90. The Morgan fingerprint density at radius 2 is 1.77 bits per heavy atom. The average molecular weight is 417 g/mol. The van der Waals surface area contributed by atoms with Gasteiger partial charge in [-0.2, -0.15) is 5.10 Å². The first kappa shape index (κ1) is 20.8. The summed E-state index contributed by atoms with van der Waals surface area (Å²) in [5.41, 5.74) is 3.44. The minimum Gasteiger partial charge on any atom is -0.268 e. The van der Waals surface area contributed by atoms with E-state index in [0.29, 0.717) is 0 Å². The summed E-state index contributed by atoms with van der Waals surface area (Å²) in [5.74, 6) is 1.03. The molecule has 4 aromatic rings. The Kier molecular flexibility index (Phi) is 6.77. The molecule has 0 bridgehead atoms. The van der Waals surface area contributed by atoms with Crippen LogP contribution < -0.4 is 14.1 Å². The normalized spacial score (nSPS) is 11.5. The molecule has 0 aliphatic rings. The number of benzene rings is 2. The van der Waals surface area contributed by atoms with Crippen molar-refractivity contribution in [3.63, 3.8) is 0 Å². The number of rotatable bonds is 10. The molecule has 4 rings (SSSR count). The van der Waals surface area contributed by atoms with Gasteiger partial charge in [-0.1, -0.05) is 30.3 Å². The molecule has 31 heavy (non-hydrogen) atoms. The molecule has 0 amide bonds. The molecular formula is C25H32N6+2. The Bertz CT molecular complexity index is 1130. The predicted octanol–water partition coefficient (Wildman–Crippen LogP) is 3.81. The fourth-order valence-corrected chi connectivity index (χ4v) is 3.90. The van der Waals surface area contributed by atoms with E-state index in [2.05, 4.69) is 86.0 Å². The van der Waals surface area contributed by atoms with Gasteiger partial charge in [0, 0.05) is 7.05 Å². The maximum atomic E-state index is 4.67. The van der Waals surface area contributed by atoms with Crippen LogP contribution >= 0.6 is 0 Å². The van der Waals surface area contributed by atoms with Gasteiger partial charge in [-0.25, -0.2) is 18.7 Å². The minimum absolute atomic E-state index is 0.985. The molecule has 2 aromatic carbocycles. The predicted molar refractivity (Wildman–Crippen MR) is 125 cm³/mol. The summed E-state index contributed by atoms with van der Waals surface area (Å²) in [6.45, 7) is 2.07. The Labute approximate surface area is 184 Å². The van der Waals surface area contributed by atoms with Crippen LogP contribution in [0, 0.1) is 0 Å². The number of unbranched alkanes of at least 4 members (excludes halogenated alkanes) is 3. The summed E-state index contributed by atoms with van der Waals surface area (Å²) >= 11 is 0. The van der Waals surface area contributed by atoms with Crippen molar-refractivity contribution in [3.05, 3.63) is 79.1 Å². The Balaban J connectivity index is 1.37. The maximum absolute atomic E-state index is 4.67. The molecule has 0 fully saturated rings. The molecule has 0 aliphatic heterocycles. The number of aromatic amines is 1. The van der Waals surface area contributed by atoms with Crippen molar-refractivity contribution in [3.8, 4) is 0 Å². The van der Waals surface area contributed by atoms with E-state index in [4.69, 9.17) is 0 Å². The van der Waals surface area contributed by atoms with Crippen molar-refractivity contribution in [2.45, 2.75) is 38.8 Å². The van der Waals surface area contributed by atoms with E-state index >= 15 is 0 Å². The van der Waals surface area contributed by atoms with Gasteiger partial charge in [0.25, 0.3) is 0 Å². The largest absolute Gasteiger partial charge is 0.300 e. The van der Waals surface area contributed by atoms with Crippen molar-refractivity contribution < 1.29 is 9.13 Å². The number of hydrogen-bond acceptors (Lipinski definition) is 2. The van der Waals surface area contributed by atoms with Gasteiger partial charge in [0.2, 0.25) is 6.33 Å². The lowest BCUT2D eigenvalue weighted by molar-refractivity contribution is -0.672. The van der Waals surface area contributed by atoms with Gasteiger partial charge in [0.1, 0.15) is 18.6 Å². The van der Waals surface area contributed by atoms with Crippen LogP contribution in [0.1, 0.15) is 31.5 Å². The van der Waals surface area contributed by atoms with Crippen molar-refractivity contribution in [2.75, 3.05) is 12.1 Å². The third-order valence-electron chi connectivity index (χ3n) is 5.60. The third kappa shape index (κ3) is 5.40. The van der Waals surface area contributed by atoms with Crippen LogP contribution in [-0.4, -0.2) is 22.8 Å². The van der Waals surface area contributed by atoms with Gasteiger partial charge in [-0.15, -0.1) is 0 Å². The number of aryl methyl sites for hydroxylation is 3. The van der Waals surface area contributed by atoms with E-state index in [1.54, 1.807) is 0 Å². The first-order valence-corrected chi connectivity index (χ1v) is 11.0. The molecule has 0 saturated heterocycles. The Morgan fingerprint density at radius 1 is 1.00 bits per heavy atom. The highest BCUT2D eigenvalue weighted by atomic mass is 15.4. The lowest BCUT2D eigenvalue weighted by Gasteiger charge is -2.11. The molecule has 2 heterocycles. The quantitative estimate of drug-likeness (QED) is 0.182. The highest BCUT2D eigenvalue weighted by Crippen LogP contribution is 2.12. The summed E-state index contributed by atoms with van der Waals surface area (Å²) in [4.78, 5) is 3.53. The van der Waals surface area contributed by atoms with E-state index in [0.717, 1.165) is 36.5 Å². The number of nitrogens with one attached hydrogen (secondary N) is 1. The molecule has 0 spiro atoms. The van der Waals surface area contributed by atoms with Crippen LogP contribution in [0.5, 0.6) is 0 Å². The van der Waals surface area contributed by atoms with Crippen LogP contribution in [0.2, 0.25) is 0 Å². The van der Waals surface area contributed by atoms with Gasteiger partial charge in [-0.05, 0) is 49.9 Å². The summed E-state index contributed by atoms with van der Waals surface area (Å²) in [5, 5.41) is 6.57. The number of anilines is 1. The van der Waals surface area contributed by atoms with E-state index in [-0.39, 0.29) is 0 Å². The molecule has 0 aliphatic carbocycles. The monoisotopic (exact) mass is 416 g/mol. The zero-order valence-electron chi connectivity index (χ0n) is 18.5. The van der Waals surface area contributed by atoms with Crippen molar-refractivity contribution in [1.82, 2.24) is 9.55 Å². The van der Waals surface area contributed by atoms with E-state index < -0.39 is 0 Å². The molecule has 6 nitrogen and oxygen atoms in total. The summed E-state index contributed by atoms with van der Waals surface area (Å²) in [6.07, 6.45) is 13.1. The van der Waals surface area contributed by atoms with Crippen molar-refractivity contribution in [1.29, 1.82) is 0 Å². The smallest absolute Gasteiger partial charge is 0.268 e. The fraction of sp³-hybridized carbons (Fsp3) is 0.320. The molecule has 1 N–H and O–H groups in total. The van der Waals surface area contributed by atoms with Crippen molar-refractivity contribution in [2.24, 2.45) is 12.1 Å². The number of hydrogen-bond donors (Lipinski definition) is 1. The van der Waals surface area contributed by atoms with Gasteiger partial charge < -0.3 is 0 Å². The lowest BCUT2D eigenvalue weighted by atomic mass is 10.2. The van der Waals surface area contributed by atoms with Crippen LogP contribution in [0.3, 0.4) is 0 Å². The third-order valence-corrected chi connectivity index (χ3v) is 5.60. The van der Waals surface area contributed by atoms with Gasteiger partial charge in [0.15, 0.2) is 11.0 Å². The molecule has 6 heteroatoms. The van der Waals surface area contributed by atoms with E-state index in [1.807, 2.05) is 36.5 Å². The second kappa shape index (κ2) is 10.1. The van der Waals surface area contributed by atoms with Crippen LogP contribution in [0.4, 0.5) is 5.69 Å². The molecule has 2 aromatic heterocycles. The number of nitrogens with zero attached hydrogens (tertiary/aromatic N) is 5. The molecule has 0 atom stereocenters. The lowest BCUT2D eigenvalue weighted by Crippen LogP contribution is -2.37. The molecule has 0 saturated carbocycles. The maximum Gasteiger partial charge on any atom is 0.300 e. The highest BCUT2D eigenvalue weighted by Gasteiger charge is 2.16. The number of para-hydroxylation sites is 3. The van der Waals surface area contributed by atoms with Crippen LogP contribution in [0.25, 0.3) is 11.0 Å². The SMILES string of the molecule is CN(/N=C/c1[nH]c2ccccc2[n+]1CCCCCCn1cc[n+](C)c1)c1ccccc1. The number of aromatic nitrogens is 4. The Morgan fingerprint density at radius 3 is 2.58 bits per heavy atom. The van der Waals surface area contributed by atoms with E-state index in [1.165, 1.54) is 24.8 Å². The molecule has 0 radical (unpaired) electrons. The molecular weight excluding hydrogens is 384 g/mol. The topological polar surface area (TPSA) is 44.1 Å². The summed E-state index contributed by atoms with van der Waals surface area (Å²) in [6, 6.07) is 18.7. The first-order valence-electron chi connectivity index (χ1n) is 11.0.